The summed E-state index contributed by atoms with van der Waals surface area (Å²) in [5, 5.41) is 14.2. The molecule has 178 valence electrons. The molecule has 0 amide bonds. The number of imidazole rings is 1. The van der Waals surface area contributed by atoms with Crippen molar-refractivity contribution in [3.63, 3.8) is 0 Å². The molecule has 2 N–H and O–H groups in total. The molecule has 35 heavy (non-hydrogen) atoms. The lowest BCUT2D eigenvalue weighted by atomic mass is 9.98. The van der Waals surface area contributed by atoms with E-state index < -0.39 is 17.5 Å². The number of ether oxygens (including phenoxy) is 1. The van der Waals surface area contributed by atoms with Crippen LogP contribution < -0.4 is 11.2 Å². The minimum absolute atomic E-state index is 0.316. The molecule has 0 aliphatic rings. The minimum Gasteiger partial charge on any atom is -0.361 e. The second-order valence-corrected chi connectivity index (χ2v) is 8.10. The molecule has 5 aromatic rings. The average Bonchev–Trinajstić information content (AvgIpc) is 3.53. The van der Waals surface area contributed by atoms with Gasteiger partial charge in [0.15, 0.2) is 17.0 Å². The number of aromatic nitrogens is 8. The monoisotopic (exact) mass is 472 g/mol. The van der Waals surface area contributed by atoms with Crippen LogP contribution in [0.5, 0.6) is 0 Å². The quantitative estimate of drug-likeness (QED) is 0.371. The number of aromatic amines is 2. The van der Waals surface area contributed by atoms with E-state index in [-0.39, 0.29) is 0 Å². The van der Waals surface area contributed by atoms with Crippen molar-refractivity contribution < 1.29 is 4.74 Å². The molecule has 0 aliphatic carbocycles. The minimum atomic E-state index is -0.575. The molecule has 5 rings (SSSR count). The summed E-state index contributed by atoms with van der Waals surface area (Å²) in [5.74, 6) is 1.30. The van der Waals surface area contributed by atoms with Crippen LogP contribution in [0.25, 0.3) is 33.7 Å². The Hall–Kier alpha value is -4.38. The molecular formula is C24H24N8O3. The Morgan fingerprint density at radius 2 is 1.80 bits per heavy atom. The number of nitrogens with zero attached hydrogens (tertiary/aromatic N) is 6. The highest BCUT2D eigenvalue weighted by Crippen LogP contribution is 2.30. The molecule has 0 saturated heterocycles. The summed E-state index contributed by atoms with van der Waals surface area (Å²) < 4.78 is 8.56. The van der Waals surface area contributed by atoms with Gasteiger partial charge in [-0.2, -0.15) is 0 Å². The van der Waals surface area contributed by atoms with Crippen molar-refractivity contribution in [2.45, 2.75) is 33.0 Å². The number of hydrogen-bond donors (Lipinski definition) is 2. The van der Waals surface area contributed by atoms with E-state index in [0.717, 1.165) is 22.3 Å². The van der Waals surface area contributed by atoms with E-state index in [2.05, 4.69) is 30.6 Å². The van der Waals surface area contributed by atoms with Gasteiger partial charge in [0.05, 0.1) is 0 Å². The molecular weight excluding hydrogens is 448 g/mol. The van der Waals surface area contributed by atoms with E-state index in [4.69, 9.17) is 4.74 Å². The Morgan fingerprint density at radius 1 is 1.06 bits per heavy atom. The van der Waals surface area contributed by atoms with Crippen LogP contribution in [0.3, 0.4) is 0 Å². The van der Waals surface area contributed by atoms with Crippen molar-refractivity contribution in [1.29, 1.82) is 0 Å². The van der Waals surface area contributed by atoms with Gasteiger partial charge >= 0.3 is 5.69 Å². The second-order valence-electron chi connectivity index (χ2n) is 8.10. The lowest BCUT2D eigenvalue weighted by Crippen LogP contribution is -2.33. The van der Waals surface area contributed by atoms with E-state index in [1.54, 1.807) is 6.92 Å². The topological polar surface area (TPSA) is 136 Å². The first-order valence-electron chi connectivity index (χ1n) is 11.2. The molecule has 1 atom stereocenters. The molecule has 2 aromatic carbocycles. The third-order valence-electron chi connectivity index (χ3n) is 6.06. The van der Waals surface area contributed by atoms with Gasteiger partial charge in [-0.3, -0.25) is 9.78 Å². The summed E-state index contributed by atoms with van der Waals surface area (Å²) >= 11 is 0. The van der Waals surface area contributed by atoms with Crippen LogP contribution >= 0.6 is 0 Å². The maximum absolute atomic E-state index is 12.8. The summed E-state index contributed by atoms with van der Waals surface area (Å²) in [6, 6.07) is 16.0. The fourth-order valence-corrected chi connectivity index (χ4v) is 4.26. The number of rotatable bonds is 7. The number of benzene rings is 2. The Kier molecular flexibility index (Phi) is 5.83. The Labute approximate surface area is 199 Å². The highest BCUT2D eigenvalue weighted by atomic mass is 16.5. The molecule has 0 spiro atoms. The summed E-state index contributed by atoms with van der Waals surface area (Å²) in [6.45, 7) is 4.12. The number of nitrogens with one attached hydrogen (secondary N) is 2. The summed E-state index contributed by atoms with van der Waals surface area (Å²) in [5.41, 5.74) is 3.53. The van der Waals surface area contributed by atoms with Crippen LogP contribution in [0, 0.1) is 0 Å². The first kappa shape index (κ1) is 22.4. The van der Waals surface area contributed by atoms with E-state index >= 15 is 0 Å². The first-order chi connectivity index (χ1) is 17.0. The van der Waals surface area contributed by atoms with E-state index in [1.807, 2.05) is 60.0 Å². The summed E-state index contributed by atoms with van der Waals surface area (Å²) in [4.78, 5) is 32.3. The van der Waals surface area contributed by atoms with E-state index in [0.29, 0.717) is 35.8 Å². The largest absolute Gasteiger partial charge is 0.361 e. The lowest BCUT2D eigenvalue weighted by molar-refractivity contribution is 0.0597. The first-order valence-corrected chi connectivity index (χ1v) is 11.2. The third-order valence-corrected chi connectivity index (χ3v) is 6.06. The van der Waals surface area contributed by atoms with Gasteiger partial charge in [-0.25, -0.2) is 19.4 Å². The number of hydrogen-bond acceptors (Lipinski definition) is 7. The van der Waals surface area contributed by atoms with Crippen LogP contribution in [-0.4, -0.2) is 46.8 Å². The van der Waals surface area contributed by atoms with Gasteiger partial charge in [0.2, 0.25) is 0 Å². The Balaban J connectivity index is 1.55. The van der Waals surface area contributed by atoms with E-state index in [9.17, 15) is 9.59 Å². The van der Waals surface area contributed by atoms with Crippen molar-refractivity contribution in [3.05, 3.63) is 80.8 Å². The van der Waals surface area contributed by atoms with Gasteiger partial charge in [-0.15, -0.1) is 5.10 Å². The van der Waals surface area contributed by atoms with Crippen LogP contribution in [0.15, 0.2) is 58.1 Å². The molecule has 0 radical (unpaired) electrons. The standard InChI is InChI=1S/C24H24N8O3/c1-4-19-25-22-20(23(33)26-24(34)32(22)14(2)35-3)31(19)13-15-9-11-16(12-10-15)17-7-5-6-8-18(17)21-27-29-30-28-21/h5-12,14H,4,13H2,1-3H3,(H,26,33,34)(H,27,28,29,30). The molecule has 0 bridgehead atoms. The lowest BCUT2D eigenvalue weighted by Gasteiger charge is -2.13. The van der Waals surface area contributed by atoms with Crippen LogP contribution in [0.1, 0.15) is 31.5 Å². The van der Waals surface area contributed by atoms with Gasteiger partial charge < -0.3 is 9.30 Å². The zero-order valence-corrected chi connectivity index (χ0v) is 19.5. The van der Waals surface area contributed by atoms with Gasteiger partial charge in [-0.05, 0) is 34.0 Å². The van der Waals surface area contributed by atoms with Crippen molar-refractivity contribution in [1.82, 2.24) is 39.7 Å². The van der Waals surface area contributed by atoms with Crippen molar-refractivity contribution in [3.8, 4) is 22.5 Å². The van der Waals surface area contributed by atoms with Gasteiger partial charge in [0, 0.05) is 25.6 Å². The zero-order valence-electron chi connectivity index (χ0n) is 19.5. The highest BCUT2D eigenvalue weighted by molar-refractivity contribution is 5.80. The van der Waals surface area contributed by atoms with Gasteiger partial charge in [-0.1, -0.05) is 55.5 Å². The molecule has 0 fully saturated rings. The number of H-pyrrole nitrogens is 2. The summed E-state index contributed by atoms with van der Waals surface area (Å²) in [7, 11) is 1.50. The van der Waals surface area contributed by atoms with Crippen molar-refractivity contribution >= 4 is 11.2 Å². The number of aryl methyl sites for hydroxylation is 1. The second kappa shape index (κ2) is 9.11. The Morgan fingerprint density at radius 3 is 2.46 bits per heavy atom. The molecule has 11 heteroatoms. The fraction of sp³-hybridized carbons (Fsp3) is 0.250. The predicted octanol–water partition coefficient (Wildman–Crippen LogP) is 2.51. The number of fused-ring (bicyclic) bond motifs is 1. The average molecular weight is 473 g/mol. The normalized spacial score (nSPS) is 12.3. The summed E-state index contributed by atoms with van der Waals surface area (Å²) in [6.07, 6.45) is 0.0224. The molecule has 3 heterocycles. The van der Waals surface area contributed by atoms with Gasteiger partial charge in [0.1, 0.15) is 12.1 Å². The molecule has 1 unspecified atom stereocenters. The molecule has 0 saturated carbocycles. The molecule has 11 nitrogen and oxygen atoms in total. The fourth-order valence-electron chi connectivity index (χ4n) is 4.26. The smallest absolute Gasteiger partial charge is 0.332 e. The number of tetrazole rings is 1. The Bertz CT molecular complexity index is 1600. The number of methoxy groups -OCH3 is 1. The zero-order chi connectivity index (χ0) is 24.5. The predicted molar refractivity (Wildman–Crippen MR) is 130 cm³/mol. The van der Waals surface area contributed by atoms with Crippen LogP contribution in [-0.2, 0) is 17.7 Å². The highest BCUT2D eigenvalue weighted by Gasteiger charge is 2.20. The van der Waals surface area contributed by atoms with E-state index in [1.165, 1.54) is 11.7 Å². The maximum Gasteiger partial charge on any atom is 0.332 e. The molecule has 0 aliphatic heterocycles. The van der Waals surface area contributed by atoms with Crippen LogP contribution in [0.2, 0.25) is 0 Å². The van der Waals surface area contributed by atoms with Crippen LogP contribution in [0.4, 0.5) is 0 Å². The van der Waals surface area contributed by atoms with Gasteiger partial charge in [0.25, 0.3) is 5.56 Å². The third kappa shape index (κ3) is 3.95. The van der Waals surface area contributed by atoms with Crippen molar-refractivity contribution in [2.75, 3.05) is 7.11 Å². The maximum atomic E-state index is 12.8. The molecule has 3 aromatic heterocycles. The van der Waals surface area contributed by atoms with Crippen molar-refractivity contribution in [2.24, 2.45) is 0 Å². The SMILES string of the molecule is CCc1nc2c(c(=O)[nH]c(=O)n2C(C)OC)n1Cc1ccc(-c2ccccc2-c2nnn[nH]2)cc1.